The number of nitrogens with zero attached hydrogens (tertiary/aromatic N) is 1. The van der Waals surface area contributed by atoms with Crippen molar-refractivity contribution in [3.8, 4) is 0 Å². The molecule has 0 aromatic carbocycles. The number of rotatable bonds is 0. The van der Waals surface area contributed by atoms with Crippen LogP contribution in [-0.2, 0) is 4.79 Å². The maximum absolute atomic E-state index is 12.9. The first-order chi connectivity index (χ1) is 7.00. The predicted octanol–water partition coefficient (Wildman–Crippen LogP) is 2.98. The molecule has 1 rings (SSSR count). The van der Waals surface area contributed by atoms with Gasteiger partial charge >= 0.3 is 6.18 Å². The molecule has 1 amide bonds. The molecule has 1 saturated heterocycles. The molecule has 1 atom stereocenters. The zero-order valence-electron chi connectivity index (χ0n) is 10.1. The minimum atomic E-state index is -4.36. The molecule has 5 heteroatoms. The van der Waals surface area contributed by atoms with Gasteiger partial charge in [0.05, 0.1) is 0 Å². The van der Waals surface area contributed by atoms with E-state index in [1.54, 1.807) is 20.8 Å². The van der Waals surface area contributed by atoms with E-state index in [9.17, 15) is 18.0 Å². The van der Waals surface area contributed by atoms with Crippen LogP contribution in [0.25, 0.3) is 0 Å². The van der Waals surface area contributed by atoms with E-state index in [1.807, 2.05) is 0 Å². The molecule has 94 valence electrons. The fourth-order valence-electron chi connectivity index (χ4n) is 1.99. The van der Waals surface area contributed by atoms with Gasteiger partial charge in [-0.15, -0.1) is 0 Å². The molecule has 0 radical (unpaired) electrons. The van der Waals surface area contributed by atoms with Crippen LogP contribution in [0.3, 0.4) is 0 Å². The molecular weight excluding hydrogens is 219 g/mol. The van der Waals surface area contributed by atoms with Crippen LogP contribution >= 0.6 is 0 Å². The Morgan fingerprint density at radius 1 is 1.25 bits per heavy atom. The molecule has 0 saturated carbocycles. The summed E-state index contributed by atoms with van der Waals surface area (Å²) in [4.78, 5) is 12.9. The lowest BCUT2D eigenvalue weighted by Crippen LogP contribution is -2.57. The first kappa shape index (κ1) is 13.3. The van der Waals surface area contributed by atoms with Gasteiger partial charge in [0, 0.05) is 12.0 Å². The quantitative estimate of drug-likeness (QED) is 0.634. The van der Waals surface area contributed by atoms with Crippen molar-refractivity contribution >= 4 is 5.91 Å². The molecular formula is C11H18F3NO. The number of hydrogen-bond acceptors (Lipinski definition) is 1. The minimum absolute atomic E-state index is 0.00167. The Kier molecular flexibility index (Phi) is 3.03. The lowest BCUT2D eigenvalue weighted by molar-refractivity contribution is -0.220. The molecule has 0 aliphatic carbocycles. The maximum atomic E-state index is 12.9. The molecule has 2 nitrogen and oxygen atoms in total. The van der Waals surface area contributed by atoms with Gasteiger partial charge in [-0.2, -0.15) is 13.2 Å². The number of alkyl halides is 3. The normalized spacial score (nSPS) is 27.3. The van der Waals surface area contributed by atoms with Crippen molar-refractivity contribution in [3.63, 3.8) is 0 Å². The highest BCUT2D eigenvalue weighted by Gasteiger charge is 2.59. The van der Waals surface area contributed by atoms with Gasteiger partial charge in [-0.1, -0.05) is 20.8 Å². The lowest BCUT2D eigenvalue weighted by atomic mass is 9.91. The summed E-state index contributed by atoms with van der Waals surface area (Å²) in [7, 11) is 0. The van der Waals surface area contributed by atoms with E-state index in [0.29, 0.717) is 6.42 Å². The summed E-state index contributed by atoms with van der Waals surface area (Å²) >= 11 is 0. The van der Waals surface area contributed by atoms with E-state index in [1.165, 1.54) is 0 Å². The highest BCUT2D eigenvalue weighted by atomic mass is 19.4. The smallest absolute Gasteiger partial charge is 0.328 e. The van der Waals surface area contributed by atoms with Gasteiger partial charge in [0.15, 0.2) is 0 Å². The molecule has 0 N–H and O–H groups in total. The van der Waals surface area contributed by atoms with E-state index >= 15 is 0 Å². The molecule has 0 aromatic heterocycles. The van der Waals surface area contributed by atoms with Crippen molar-refractivity contribution in [2.45, 2.75) is 52.3 Å². The summed E-state index contributed by atoms with van der Waals surface area (Å²) < 4.78 is 38.8. The van der Waals surface area contributed by atoms with E-state index < -0.39 is 23.0 Å². The summed E-state index contributed by atoms with van der Waals surface area (Å²) in [5.41, 5.74) is -2.76. The highest BCUT2D eigenvalue weighted by Crippen LogP contribution is 2.44. The van der Waals surface area contributed by atoms with Crippen molar-refractivity contribution in [2.24, 2.45) is 5.41 Å². The van der Waals surface area contributed by atoms with Crippen LogP contribution < -0.4 is 0 Å². The Morgan fingerprint density at radius 2 is 1.75 bits per heavy atom. The Balaban J connectivity index is 3.02. The molecule has 1 fully saturated rings. The number of likely N-dealkylation sites (tertiary alicyclic amines) is 1. The second-order valence-electron chi connectivity index (χ2n) is 5.58. The van der Waals surface area contributed by atoms with Gasteiger partial charge < -0.3 is 4.90 Å². The Morgan fingerprint density at radius 3 is 2.12 bits per heavy atom. The summed E-state index contributed by atoms with van der Waals surface area (Å²) in [6.45, 7) is 6.25. The average Bonchev–Trinajstić information content (AvgIpc) is 2.44. The molecule has 0 aromatic rings. The second-order valence-corrected chi connectivity index (χ2v) is 5.58. The SMILES string of the molecule is CC(C)(C)C(=O)N1CCCC1(C)C(F)(F)F. The van der Waals surface area contributed by atoms with Gasteiger partial charge in [-0.05, 0) is 19.8 Å². The topological polar surface area (TPSA) is 20.3 Å². The number of halogens is 3. The van der Waals surface area contributed by atoms with Crippen molar-refractivity contribution in [2.75, 3.05) is 6.54 Å². The zero-order valence-corrected chi connectivity index (χ0v) is 10.1. The van der Waals surface area contributed by atoms with Crippen molar-refractivity contribution in [1.29, 1.82) is 0 Å². The van der Waals surface area contributed by atoms with Gasteiger partial charge in [0.2, 0.25) is 5.91 Å². The van der Waals surface area contributed by atoms with E-state index in [4.69, 9.17) is 0 Å². The van der Waals surface area contributed by atoms with Crippen LogP contribution in [0.1, 0.15) is 40.5 Å². The molecule has 1 unspecified atom stereocenters. The minimum Gasteiger partial charge on any atom is -0.328 e. The van der Waals surface area contributed by atoms with Crippen LogP contribution in [0.15, 0.2) is 0 Å². The van der Waals surface area contributed by atoms with Gasteiger partial charge in [-0.3, -0.25) is 4.79 Å². The zero-order chi connectivity index (χ0) is 12.8. The third-order valence-corrected chi connectivity index (χ3v) is 3.14. The Bertz CT molecular complexity index is 293. The largest absolute Gasteiger partial charge is 0.411 e. The van der Waals surface area contributed by atoms with Crippen LogP contribution in [0.4, 0.5) is 13.2 Å². The summed E-state index contributed by atoms with van der Waals surface area (Å²) in [6.07, 6.45) is -3.94. The van der Waals surface area contributed by atoms with Crippen LogP contribution in [0.2, 0.25) is 0 Å². The van der Waals surface area contributed by atoms with Crippen LogP contribution in [0.5, 0.6) is 0 Å². The maximum Gasteiger partial charge on any atom is 0.411 e. The number of carbonyl (C=O) groups is 1. The third kappa shape index (κ3) is 2.04. The molecule has 1 heterocycles. The standard InChI is InChI=1S/C11H18F3NO/c1-9(2,3)8(16)15-7-5-6-10(15,4)11(12,13)14/h5-7H2,1-4H3. The van der Waals surface area contributed by atoms with E-state index in [2.05, 4.69) is 0 Å². The second kappa shape index (κ2) is 3.64. The summed E-state index contributed by atoms with van der Waals surface area (Å²) in [5.74, 6) is -0.426. The molecule has 16 heavy (non-hydrogen) atoms. The van der Waals surface area contributed by atoms with Crippen molar-refractivity contribution < 1.29 is 18.0 Å². The fourth-order valence-corrected chi connectivity index (χ4v) is 1.99. The lowest BCUT2D eigenvalue weighted by Gasteiger charge is -2.39. The monoisotopic (exact) mass is 237 g/mol. The van der Waals surface area contributed by atoms with Crippen molar-refractivity contribution in [1.82, 2.24) is 4.90 Å². The van der Waals surface area contributed by atoms with E-state index in [0.717, 1.165) is 11.8 Å². The predicted molar refractivity (Wildman–Crippen MR) is 54.9 cm³/mol. The Hall–Kier alpha value is -0.740. The van der Waals surface area contributed by atoms with Crippen molar-refractivity contribution in [3.05, 3.63) is 0 Å². The van der Waals surface area contributed by atoms with Gasteiger partial charge in [0.1, 0.15) is 5.54 Å². The summed E-state index contributed by atoms with van der Waals surface area (Å²) in [5, 5.41) is 0. The number of hydrogen-bond donors (Lipinski definition) is 0. The Labute approximate surface area is 93.8 Å². The first-order valence-electron chi connectivity index (χ1n) is 5.39. The highest BCUT2D eigenvalue weighted by molar-refractivity contribution is 5.82. The number of carbonyl (C=O) groups excluding carboxylic acids is 1. The third-order valence-electron chi connectivity index (χ3n) is 3.14. The molecule has 1 aliphatic rings. The number of amides is 1. The fraction of sp³-hybridized carbons (Fsp3) is 0.909. The average molecular weight is 237 g/mol. The molecule has 1 aliphatic heterocycles. The van der Waals surface area contributed by atoms with Gasteiger partial charge in [0.25, 0.3) is 0 Å². The van der Waals surface area contributed by atoms with Crippen LogP contribution in [0, 0.1) is 5.41 Å². The van der Waals surface area contributed by atoms with Gasteiger partial charge in [-0.25, -0.2) is 0 Å². The first-order valence-corrected chi connectivity index (χ1v) is 5.39. The van der Waals surface area contributed by atoms with Crippen LogP contribution in [-0.4, -0.2) is 29.1 Å². The summed E-state index contributed by atoms with van der Waals surface area (Å²) in [6, 6.07) is 0. The molecule has 0 bridgehead atoms. The molecule has 0 spiro atoms. The van der Waals surface area contributed by atoms with E-state index in [-0.39, 0.29) is 13.0 Å².